The molecule has 17 heavy (non-hydrogen) atoms. The summed E-state index contributed by atoms with van der Waals surface area (Å²) in [4.78, 5) is 15.5. The van der Waals surface area contributed by atoms with Gasteiger partial charge in [-0.05, 0) is 29.5 Å². The van der Waals surface area contributed by atoms with Gasteiger partial charge in [0.1, 0.15) is 0 Å². The Morgan fingerprint density at radius 3 is 2.65 bits per heavy atom. The molecule has 3 nitrogen and oxygen atoms in total. The van der Waals surface area contributed by atoms with Gasteiger partial charge in [0.05, 0.1) is 17.0 Å². The molecular weight excluding hydrogens is 234 g/mol. The highest BCUT2D eigenvalue weighted by Gasteiger charge is 2.15. The number of carboxylic acids is 1. The summed E-state index contributed by atoms with van der Waals surface area (Å²) < 4.78 is 0. The van der Waals surface area contributed by atoms with Crippen molar-refractivity contribution in [1.29, 1.82) is 0 Å². The summed E-state index contributed by atoms with van der Waals surface area (Å²) in [6, 6.07) is 5.38. The van der Waals surface area contributed by atoms with E-state index in [2.05, 4.69) is 4.98 Å². The van der Waals surface area contributed by atoms with Gasteiger partial charge in [0.2, 0.25) is 0 Å². The van der Waals surface area contributed by atoms with Crippen molar-refractivity contribution in [3.8, 4) is 11.3 Å². The molecule has 0 spiro atoms. The highest BCUT2D eigenvalue weighted by atomic mass is 32.1. The van der Waals surface area contributed by atoms with Crippen LogP contribution < -0.4 is 0 Å². The second-order valence-electron chi connectivity index (χ2n) is 4.10. The number of aromatic nitrogens is 1. The summed E-state index contributed by atoms with van der Waals surface area (Å²) in [5.41, 5.74) is 2.80. The first-order chi connectivity index (χ1) is 8.09. The number of hydrogen-bond acceptors (Lipinski definition) is 3. The fraction of sp³-hybridized carbons (Fsp3) is 0.231. The number of thiophene rings is 1. The maximum Gasteiger partial charge on any atom is 0.337 e. The first-order valence-corrected chi connectivity index (χ1v) is 6.30. The van der Waals surface area contributed by atoms with Gasteiger partial charge in [-0.15, -0.1) is 0 Å². The van der Waals surface area contributed by atoms with Gasteiger partial charge < -0.3 is 5.11 Å². The molecule has 2 aromatic heterocycles. The number of rotatable bonds is 3. The Balaban J connectivity index is 2.53. The summed E-state index contributed by atoms with van der Waals surface area (Å²) in [6.45, 7) is 3.90. The SMILES string of the molecule is CC(C)c1nc(-c2ccsc2)ccc1C(=O)O. The number of nitrogens with zero attached hydrogens (tertiary/aromatic N) is 1. The number of hydrogen-bond donors (Lipinski definition) is 1. The van der Waals surface area contributed by atoms with Crippen LogP contribution in [0.4, 0.5) is 0 Å². The zero-order chi connectivity index (χ0) is 12.4. The third-order valence-corrected chi connectivity index (χ3v) is 3.20. The standard InChI is InChI=1S/C13H13NO2S/c1-8(2)12-10(13(15)16)3-4-11(14-12)9-5-6-17-7-9/h3-8H,1-2H3,(H,15,16). The molecule has 4 heteroatoms. The van der Waals surface area contributed by atoms with Crippen LogP contribution in [0.3, 0.4) is 0 Å². The van der Waals surface area contributed by atoms with Gasteiger partial charge in [-0.25, -0.2) is 4.79 Å². The monoisotopic (exact) mass is 247 g/mol. The Bertz CT molecular complexity index is 532. The minimum atomic E-state index is -0.918. The van der Waals surface area contributed by atoms with Gasteiger partial charge in [0.25, 0.3) is 0 Å². The zero-order valence-corrected chi connectivity index (χ0v) is 10.5. The molecule has 2 heterocycles. The summed E-state index contributed by atoms with van der Waals surface area (Å²) in [6.07, 6.45) is 0. The zero-order valence-electron chi connectivity index (χ0n) is 9.68. The van der Waals surface area contributed by atoms with Crippen LogP contribution in [0.2, 0.25) is 0 Å². The molecular formula is C13H13NO2S. The van der Waals surface area contributed by atoms with Crippen molar-refractivity contribution in [2.75, 3.05) is 0 Å². The predicted molar refractivity (Wildman–Crippen MR) is 68.6 cm³/mol. The van der Waals surface area contributed by atoms with Crippen LogP contribution in [-0.4, -0.2) is 16.1 Å². The van der Waals surface area contributed by atoms with E-state index in [4.69, 9.17) is 5.11 Å². The molecule has 2 rings (SSSR count). The van der Waals surface area contributed by atoms with E-state index in [1.807, 2.05) is 30.7 Å². The lowest BCUT2D eigenvalue weighted by molar-refractivity contribution is 0.0694. The molecule has 1 N–H and O–H groups in total. The van der Waals surface area contributed by atoms with Gasteiger partial charge in [0, 0.05) is 10.9 Å². The van der Waals surface area contributed by atoms with E-state index in [0.29, 0.717) is 11.3 Å². The van der Waals surface area contributed by atoms with Crippen molar-refractivity contribution in [3.05, 3.63) is 40.2 Å². The minimum absolute atomic E-state index is 0.0969. The van der Waals surface area contributed by atoms with E-state index in [1.165, 1.54) is 0 Å². The average molecular weight is 247 g/mol. The topological polar surface area (TPSA) is 50.2 Å². The van der Waals surface area contributed by atoms with E-state index >= 15 is 0 Å². The van der Waals surface area contributed by atoms with Crippen LogP contribution >= 0.6 is 11.3 Å². The largest absolute Gasteiger partial charge is 0.478 e. The molecule has 0 saturated heterocycles. The summed E-state index contributed by atoms with van der Waals surface area (Å²) in [7, 11) is 0. The molecule has 0 aliphatic rings. The van der Waals surface area contributed by atoms with E-state index in [-0.39, 0.29) is 5.92 Å². The van der Waals surface area contributed by atoms with Gasteiger partial charge in [-0.2, -0.15) is 11.3 Å². The number of carbonyl (C=O) groups is 1. The molecule has 0 atom stereocenters. The third-order valence-electron chi connectivity index (χ3n) is 2.52. The lowest BCUT2D eigenvalue weighted by atomic mass is 10.0. The number of pyridine rings is 1. The predicted octanol–water partition coefficient (Wildman–Crippen LogP) is 3.63. The second kappa shape index (κ2) is 4.67. The van der Waals surface area contributed by atoms with Gasteiger partial charge in [-0.1, -0.05) is 13.8 Å². The Kier molecular flexibility index (Phi) is 3.24. The van der Waals surface area contributed by atoms with E-state index in [1.54, 1.807) is 23.5 Å². The molecule has 0 radical (unpaired) electrons. The highest BCUT2D eigenvalue weighted by molar-refractivity contribution is 7.08. The van der Waals surface area contributed by atoms with Crippen LogP contribution in [0.5, 0.6) is 0 Å². The maximum atomic E-state index is 11.1. The molecule has 0 fully saturated rings. The van der Waals surface area contributed by atoms with Gasteiger partial charge in [-0.3, -0.25) is 4.98 Å². The van der Waals surface area contributed by atoms with Crippen molar-refractivity contribution in [2.45, 2.75) is 19.8 Å². The molecule has 0 aromatic carbocycles. The second-order valence-corrected chi connectivity index (χ2v) is 4.88. The first kappa shape index (κ1) is 11.8. The Hall–Kier alpha value is -1.68. The van der Waals surface area contributed by atoms with Gasteiger partial charge >= 0.3 is 5.97 Å². The van der Waals surface area contributed by atoms with E-state index < -0.39 is 5.97 Å². The van der Waals surface area contributed by atoms with Crippen molar-refractivity contribution in [3.63, 3.8) is 0 Å². The Morgan fingerprint density at radius 1 is 1.35 bits per heavy atom. The number of aromatic carboxylic acids is 1. The van der Waals surface area contributed by atoms with Crippen LogP contribution in [0.1, 0.15) is 35.8 Å². The molecule has 0 amide bonds. The van der Waals surface area contributed by atoms with Crippen molar-refractivity contribution >= 4 is 17.3 Å². The Morgan fingerprint density at radius 2 is 2.12 bits per heavy atom. The smallest absolute Gasteiger partial charge is 0.337 e. The van der Waals surface area contributed by atoms with Crippen molar-refractivity contribution in [2.24, 2.45) is 0 Å². The van der Waals surface area contributed by atoms with Crippen LogP contribution in [0.15, 0.2) is 29.0 Å². The quantitative estimate of drug-likeness (QED) is 0.901. The molecule has 0 bridgehead atoms. The Labute approximate surface area is 104 Å². The van der Waals surface area contributed by atoms with E-state index in [0.717, 1.165) is 11.3 Å². The third kappa shape index (κ3) is 2.36. The first-order valence-electron chi connectivity index (χ1n) is 5.36. The maximum absolute atomic E-state index is 11.1. The van der Waals surface area contributed by atoms with Crippen LogP contribution in [0, 0.1) is 0 Å². The fourth-order valence-electron chi connectivity index (χ4n) is 1.67. The number of carboxylic acid groups (broad SMARTS) is 1. The highest BCUT2D eigenvalue weighted by Crippen LogP contribution is 2.24. The lowest BCUT2D eigenvalue weighted by Gasteiger charge is -2.10. The molecule has 0 aliphatic carbocycles. The lowest BCUT2D eigenvalue weighted by Crippen LogP contribution is -2.07. The molecule has 0 unspecified atom stereocenters. The molecule has 0 aliphatic heterocycles. The molecule has 88 valence electrons. The van der Waals surface area contributed by atoms with Crippen LogP contribution in [0.25, 0.3) is 11.3 Å². The molecule has 2 aromatic rings. The van der Waals surface area contributed by atoms with Crippen LogP contribution in [-0.2, 0) is 0 Å². The fourth-order valence-corrected chi connectivity index (χ4v) is 2.32. The molecule has 0 saturated carbocycles. The summed E-state index contributed by atoms with van der Waals surface area (Å²) in [5, 5.41) is 13.1. The summed E-state index contributed by atoms with van der Waals surface area (Å²) >= 11 is 1.60. The van der Waals surface area contributed by atoms with Crippen molar-refractivity contribution < 1.29 is 9.90 Å². The minimum Gasteiger partial charge on any atom is -0.478 e. The van der Waals surface area contributed by atoms with Gasteiger partial charge in [0.15, 0.2) is 0 Å². The van der Waals surface area contributed by atoms with Crippen molar-refractivity contribution in [1.82, 2.24) is 4.98 Å². The normalized spacial score (nSPS) is 10.8. The average Bonchev–Trinajstić information content (AvgIpc) is 2.81. The summed E-state index contributed by atoms with van der Waals surface area (Å²) in [5.74, 6) is -0.822. The van der Waals surface area contributed by atoms with E-state index in [9.17, 15) is 4.79 Å².